The number of rotatable bonds is 10. The first-order valence-electron chi connectivity index (χ1n) is 12.6. The summed E-state index contributed by atoms with van der Waals surface area (Å²) in [6.07, 6.45) is -6.10. The first-order chi connectivity index (χ1) is 20.1. The van der Waals surface area contributed by atoms with Crippen LogP contribution in [0.2, 0.25) is 0 Å². The van der Waals surface area contributed by atoms with Crippen molar-refractivity contribution >= 4 is 11.9 Å². The van der Waals surface area contributed by atoms with E-state index in [1.165, 1.54) is 7.11 Å². The van der Waals surface area contributed by atoms with Crippen molar-refractivity contribution in [2.45, 2.75) is 24.7 Å². The highest BCUT2D eigenvalue weighted by Gasteiger charge is 2.44. The molecule has 0 aliphatic carbocycles. The van der Waals surface area contributed by atoms with E-state index in [1.54, 1.807) is 84.9 Å². The van der Waals surface area contributed by atoms with Crippen LogP contribution in [0, 0.1) is 0 Å². The summed E-state index contributed by atoms with van der Waals surface area (Å²) >= 11 is 0. The number of aromatic nitrogens is 2. The lowest BCUT2D eigenvalue weighted by Crippen LogP contribution is -2.44. The number of aromatic hydroxyl groups is 1. The van der Waals surface area contributed by atoms with Crippen LogP contribution in [-0.2, 0) is 16.1 Å². The Bertz CT molecular complexity index is 1520. The number of esters is 1. The van der Waals surface area contributed by atoms with Gasteiger partial charge >= 0.3 is 12.1 Å². The molecule has 0 spiro atoms. The van der Waals surface area contributed by atoms with Crippen LogP contribution < -0.4 is 10.2 Å². The molecular weight excluding hydrogens is 555 g/mol. The van der Waals surface area contributed by atoms with E-state index in [0.29, 0.717) is 22.4 Å². The van der Waals surface area contributed by atoms with Crippen molar-refractivity contribution in [3.63, 3.8) is 0 Å². The lowest BCUT2D eigenvalue weighted by atomic mass is 9.86. The number of hydrogen-bond donors (Lipinski definition) is 2. The molecule has 1 aromatic heterocycles. The number of nitrogens with zero attached hydrogens (tertiary/aromatic N) is 2. The molecule has 1 amide bonds. The second kappa shape index (κ2) is 13.0. The van der Waals surface area contributed by atoms with Gasteiger partial charge in [-0.25, -0.2) is 4.79 Å². The van der Waals surface area contributed by atoms with Gasteiger partial charge in [-0.2, -0.15) is 18.3 Å². The van der Waals surface area contributed by atoms with E-state index in [9.17, 15) is 32.7 Å². The van der Waals surface area contributed by atoms with Crippen LogP contribution in [0.15, 0.2) is 95.9 Å². The minimum absolute atomic E-state index is 0.199. The number of amides is 1. The Balaban J connectivity index is 1.83. The zero-order valence-corrected chi connectivity index (χ0v) is 22.2. The van der Waals surface area contributed by atoms with Crippen molar-refractivity contribution in [2.75, 3.05) is 13.7 Å². The predicted octanol–water partition coefficient (Wildman–Crippen LogP) is 4.43. The molecule has 0 aliphatic rings. The maximum absolute atomic E-state index is 13.7. The van der Waals surface area contributed by atoms with Crippen LogP contribution in [0.4, 0.5) is 13.2 Å². The molecule has 0 aliphatic heterocycles. The smallest absolute Gasteiger partial charge is 0.490 e. The van der Waals surface area contributed by atoms with Gasteiger partial charge in [0.2, 0.25) is 5.43 Å². The van der Waals surface area contributed by atoms with E-state index in [2.05, 4.69) is 10.2 Å². The Kier molecular flexibility index (Phi) is 9.25. The summed E-state index contributed by atoms with van der Waals surface area (Å²) in [5.41, 5.74) is 0.0731. The van der Waals surface area contributed by atoms with Gasteiger partial charge < -0.3 is 19.5 Å². The number of aromatic amines is 1. The number of alkyl halides is 3. The average Bonchev–Trinajstić information content (AvgIpc) is 2.99. The fourth-order valence-corrected chi connectivity index (χ4v) is 4.45. The van der Waals surface area contributed by atoms with Crippen LogP contribution in [0.5, 0.6) is 11.5 Å². The third-order valence-corrected chi connectivity index (χ3v) is 6.44. The van der Waals surface area contributed by atoms with Gasteiger partial charge in [0.25, 0.3) is 5.91 Å². The molecule has 218 valence electrons. The molecular formula is C30H26F3N3O6. The quantitative estimate of drug-likeness (QED) is 0.266. The molecule has 0 saturated carbocycles. The van der Waals surface area contributed by atoms with Crippen molar-refractivity contribution in [3.8, 4) is 11.5 Å². The summed E-state index contributed by atoms with van der Waals surface area (Å²) in [5.74, 6) is -4.72. The number of carbonyl (C=O) groups excluding carboxylic acids is 2. The van der Waals surface area contributed by atoms with Gasteiger partial charge in [-0.05, 0) is 28.8 Å². The van der Waals surface area contributed by atoms with Crippen molar-refractivity contribution in [3.05, 3.63) is 124 Å². The van der Waals surface area contributed by atoms with Crippen LogP contribution in [0.3, 0.4) is 0 Å². The second-order valence-electron chi connectivity index (χ2n) is 9.23. The molecule has 0 fully saturated rings. The first kappa shape index (κ1) is 29.8. The summed E-state index contributed by atoms with van der Waals surface area (Å²) in [6.45, 7) is -0.757. The fraction of sp³-hybridized carbons (Fsp3) is 0.200. The minimum Gasteiger partial charge on any atom is -0.502 e. The molecule has 3 aromatic carbocycles. The standard InChI is InChI=1S/C30H26F3N3O6/c1-41-22-14-12-19(13-15-22)17-36(28(39)26-27(38)23(37)16-34-35-26)18-24(42-29(40)30(31,32)33)25(20-8-4-2-5-9-20)21-10-6-3-7-11-21/h2-16,24-25H,17-18H2,1H3,(H,34,38)(H,35,37)/t24-/m0/s1. The third-order valence-electron chi connectivity index (χ3n) is 6.44. The normalized spacial score (nSPS) is 12.0. The largest absolute Gasteiger partial charge is 0.502 e. The van der Waals surface area contributed by atoms with Gasteiger partial charge in [-0.15, -0.1) is 0 Å². The Morgan fingerprint density at radius 2 is 1.52 bits per heavy atom. The van der Waals surface area contributed by atoms with Crippen molar-refractivity contribution in [1.82, 2.24) is 15.1 Å². The molecule has 0 unspecified atom stereocenters. The number of H-pyrrole nitrogens is 1. The SMILES string of the molecule is COc1ccc(CN(C[C@H](OC(=O)C(F)(F)F)C(c2ccccc2)c2ccccc2)C(=O)c2[nH]ncc(=O)c2O)cc1. The Labute approximate surface area is 238 Å². The number of benzene rings is 3. The molecule has 4 rings (SSSR count). The van der Waals surface area contributed by atoms with Crippen LogP contribution in [-0.4, -0.2) is 58.0 Å². The molecule has 12 heteroatoms. The van der Waals surface area contributed by atoms with E-state index in [-0.39, 0.29) is 6.54 Å². The average molecular weight is 582 g/mol. The van der Waals surface area contributed by atoms with E-state index in [0.717, 1.165) is 11.1 Å². The van der Waals surface area contributed by atoms with Crippen molar-refractivity contribution in [1.29, 1.82) is 0 Å². The van der Waals surface area contributed by atoms with Gasteiger partial charge in [0.15, 0.2) is 11.4 Å². The number of carbonyl (C=O) groups is 2. The number of nitrogens with one attached hydrogen (secondary N) is 1. The van der Waals surface area contributed by atoms with Crippen LogP contribution in [0.25, 0.3) is 0 Å². The van der Waals surface area contributed by atoms with Gasteiger partial charge in [0.1, 0.15) is 11.9 Å². The summed E-state index contributed by atoms with van der Waals surface area (Å²) in [4.78, 5) is 39.1. The molecule has 0 bridgehead atoms. The molecule has 0 saturated heterocycles. The van der Waals surface area contributed by atoms with Crippen LogP contribution >= 0.6 is 0 Å². The highest BCUT2D eigenvalue weighted by molar-refractivity contribution is 5.94. The number of ether oxygens (including phenoxy) is 2. The van der Waals surface area contributed by atoms with Crippen molar-refractivity contribution < 1.29 is 37.3 Å². The number of hydrogen-bond acceptors (Lipinski definition) is 7. The highest BCUT2D eigenvalue weighted by atomic mass is 19.4. The summed E-state index contributed by atoms with van der Waals surface area (Å²) in [7, 11) is 1.47. The molecule has 1 heterocycles. The van der Waals surface area contributed by atoms with Gasteiger partial charge in [0.05, 0.1) is 19.9 Å². The monoisotopic (exact) mass is 581 g/mol. The summed E-state index contributed by atoms with van der Waals surface area (Å²) in [5, 5.41) is 16.2. The fourth-order valence-electron chi connectivity index (χ4n) is 4.45. The van der Waals surface area contributed by atoms with Gasteiger partial charge in [-0.3, -0.25) is 14.7 Å². The molecule has 4 aromatic rings. The molecule has 9 nitrogen and oxygen atoms in total. The topological polar surface area (TPSA) is 122 Å². The molecule has 2 N–H and O–H groups in total. The van der Waals surface area contributed by atoms with Crippen LogP contribution in [0.1, 0.15) is 33.1 Å². The lowest BCUT2D eigenvalue weighted by molar-refractivity contribution is -0.206. The van der Waals surface area contributed by atoms with E-state index in [1.807, 2.05) is 0 Å². The highest BCUT2D eigenvalue weighted by Crippen LogP contribution is 2.33. The molecule has 0 radical (unpaired) electrons. The Hall–Kier alpha value is -5.13. The third kappa shape index (κ3) is 7.14. The molecule has 42 heavy (non-hydrogen) atoms. The van der Waals surface area contributed by atoms with E-state index >= 15 is 0 Å². The zero-order chi connectivity index (χ0) is 30.3. The summed E-state index contributed by atoms with van der Waals surface area (Å²) < 4.78 is 50.8. The predicted molar refractivity (Wildman–Crippen MR) is 145 cm³/mol. The van der Waals surface area contributed by atoms with Gasteiger partial charge in [0, 0.05) is 12.5 Å². The first-order valence-corrected chi connectivity index (χ1v) is 12.6. The Morgan fingerprint density at radius 1 is 0.952 bits per heavy atom. The van der Waals surface area contributed by atoms with Crippen molar-refractivity contribution in [2.24, 2.45) is 0 Å². The number of methoxy groups -OCH3 is 1. The molecule has 1 atom stereocenters. The second-order valence-corrected chi connectivity index (χ2v) is 9.23. The minimum atomic E-state index is -5.31. The van der Waals surface area contributed by atoms with E-state index in [4.69, 9.17) is 9.47 Å². The maximum Gasteiger partial charge on any atom is 0.490 e. The zero-order valence-electron chi connectivity index (χ0n) is 22.2. The summed E-state index contributed by atoms with van der Waals surface area (Å²) in [6, 6.07) is 23.4. The van der Waals surface area contributed by atoms with Gasteiger partial charge in [-0.1, -0.05) is 72.8 Å². The lowest BCUT2D eigenvalue weighted by Gasteiger charge is -2.33. The maximum atomic E-state index is 13.7. The van der Waals surface area contributed by atoms with E-state index < -0.39 is 53.5 Å². The number of halogens is 3. The Morgan fingerprint density at radius 3 is 2.05 bits per heavy atom.